The van der Waals surface area contributed by atoms with Gasteiger partial charge in [0.05, 0.1) is 12.4 Å². The van der Waals surface area contributed by atoms with Crippen LogP contribution in [0.3, 0.4) is 0 Å². The van der Waals surface area contributed by atoms with Gasteiger partial charge >= 0.3 is 0 Å². The zero-order valence-corrected chi connectivity index (χ0v) is 7.47. The van der Waals surface area contributed by atoms with Crippen molar-refractivity contribution < 1.29 is 17.9 Å². The van der Waals surface area contributed by atoms with Crippen LogP contribution in [-0.4, -0.2) is 25.9 Å². The van der Waals surface area contributed by atoms with Gasteiger partial charge in [0.25, 0.3) is 0 Å². The number of hydrogen-bond donors (Lipinski definition) is 1. The third kappa shape index (κ3) is 1.86. The van der Waals surface area contributed by atoms with Crippen molar-refractivity contribution in [3.63, 3.8) is 0 Å². The maximum atomic E-state index is 11.2. The van der Waals surface area contributed by atoms with Crippen LogP contribution in [0.5, 0.6) is 0 Å². The maximum Gasteiger partial charge on any atom is 0.218 e. The Morgan fingerprint density at radius 3 is 2.58 bits per heavy atom. The topological polar surface area (TPSA) is 67.5 Å². The second-order valence-corrected chi connectivity index (χ2v) is 4.45. The first-order chi connectivity index (χ1) is 5.56. The summed E-state index contributed by atoms with van der Waals surface area (Å²) in [5.74, 6) is 0.256. The molecule has 0 spiro atoms. The van der Waals surface area contributed by atoms with E-state index in [9.17, 15) is 8.42 Å². The van der Waals surface area contributed by atoms with Gasteiger partial charge in [-0.1, -0.05) is 0 Å². The summed E-state index contributed by atoms with van der Waals surface area (Å²) in [5, 5.41) is 8.37. The summed E-state index contributed by atoms with van der Waals surface area (Å²) < 4.78 is 27.3. The minimum Gasteiger partial charge on any atom is -0.450 e. The Bertz CT molecular complexity index is 349. The highest BCUT2D eigenvalue weighted by molar-refractivity contribution is 7.91. The second kappa shape index (κ2) is 3.28. The van der Waals surface area contributed by atoms with Crippen LogP contribution in [0, 0.1) is 6.92 Å². The minimum absolute atomic E-state index is 0.0750. The molecule has 0 atom stereocenters. The molecule has 1 heterocycles. The summed E-state index contributed by atoms with van der Waals surface area (Å²) in [7, 11) is -3.41. The normalized spacial score (nSPS) is 11.8. The second-order valence-electron chi connectivity index (χ2n) is 2.41. The van der Waals surface area contributed by atoms with Crippen molar-refractivity contribution >= 4 is 9.84 Å². The highest BCUT2D eigenvalue weighted by Gasteiger charge is 2.16. The van der Waals surface area contributed by atoms with Crippen molar-refractivity contribution in [3.05, 3.63) is 17.9 Å². The number of aryl methyl sites for hydroxylation is 1. The van der Waals surface area contributed by atoms with Crippen molar-refractivity contribution in [2.75, 3.05) is 12.4 Å². The molecule has 0 fully saturated rings. The fraction of sp³-hybridized carbons (Fsp3) is 0.429. The molecule has 5 heteroatoms. The van der Waals surface area contributed by atoms with E-state index < -0.39 is 9.84 Å². The first kappa shape index (κ1) is 9.28. The molecule has 0 radical (unpaired) electrons. The Balaban J connectivity index is 2.98. The lowest BCUT2D eigenvalue weighted by molar-refractivity contribution is 0.318. The van der Waals surface area contributed by atoms with E-state index in [1.165, 1.54) is 6.07 Å². The summed E-state index contributed by atoms with van der Waals surface area (Å²) in [5.41, 5.74) is 0. The third-order valence-electron chi connectivity index (χ3n) is 1.38. The predicted molar refractivity (Wildman–Crippen MR) is 42.6 cm³/mol. The molecule has 1 aromatic rings. The molecule has 1 rings (SSSR count). The molecule has 1 aromatic heterocycles. The van der Waals surface area contributed by atoms with Crippen LogP contribution in [-0.2, 0) is 9.84 Å². The molecule has 0 saturated heterocycles. The van der Waals surface area contributed by atoms with E-state index in [2.05, 4.69) is 0 Å². The quantitative estimate of drug-likeness (QED) is 0.747. The Morgan fingerprint density at radius 2 is 2.17 bits per heavy atom. The number of aliphatic hydroxyl groups is 1. The van der Waals surface area contributed by atoms with Crippen LogP contribution in [0.25, 0.3) is 0 Å². The van der Waals surface area contributed by atoms with Crippen LogP contribution < -0.4 is 0 Å². The van der Waals surface area contributed by atoms with Gasteiger partial charge in [-0.15, -0.1) is 0 Å². The smallest absolute Gasteiger partial charge is 0.218 e. The highest BCUT2D eigenvalue weighted by Crippen LogP contribution is 2.13. The average Bonchev–Trinajstić information content (AvgIpc) is 2.36. The molecule has 0 bridgehead atoms. The number of furan rings is 1. The average molecular weight is 190 g/mol. The molecular formula is C7H10O4S. The van der Waals surface area contributed by atoms with Crippen LogP contribution in [0.1, 0.15) is 5.76 Å². The number of sulfone groups is 1. The van der Waals surface area contributed by atoms with Gasteiger partial charge in [-0.2, -0.15) is 0 Å². The van der Waals surface area contributed by atoms with Gasteiger partial charge < -0.3 is 9.52 Å². The van der Waals surface area contributed by atoms with E-state index in [4.69, 9.17) is 9.52 Å². The van der Waals surface area contributed by atoms with E-state index in [-0.39, 0.29) is 17.5 Å². The van der Waals surface area contributed by atoms with Gasteiger partial charge in [0.1, 0.15) is 5.76 Å². The van der Waals surface area contributed by atoms with Crippen molar-refractivity contribution in [2.24, 2.45) is 0 Å². The molecule has 0 aromatic carbocycles. The molecule has 0 amide bonds. The lowest BCUT2D eigenvalue weighted by Gasteiger charge is -1.95. The van der Waals surface area contributed by atoms with E-state index in [0.717, 1.165) is 0 Å². The van der Waals surface area contributed by atoms with Crippen LogP contribution in [0.2, 0.25) is 0 Å². The third-order valence-corrected chi connectivity index (χ3v) is 2.93. The molecule has 1 N–H and O–H groups in total. The SMILES string of the molecule is Cc1ccc(S(=O)(=O)CCO)o1. The highest BCUT2D eigenvalue weighted by atomic mass is 32.2. The molecule has 0 aliphatic rings. The fourth-order valence-electron chi connectivity index (χ4n) is 0.800. The summed E-state index contributed by atoms with van der Waals surface area (Å²) in [6.45, 7) is 1.28. The molecule has 0 aliphatic carbocycles. The van der Waals surface area contributed by atoms with E-state index in [0.29, 0.717) is 5.76 Å². The summed E-state index contributed by atoms with van der Waals surface area (Å²) in [6.07, 6.45) is 0. The van der Waals surface area contributed by atoms with Gasteiger partial charge in [-0.25, -0.2) is 8.42 Å². The van der Waals surface area contributed by atoms with Gasteiger partial charge in [-0.05, 0) is 19.1 Å². The molecule has 12 heavy (non-hydrogen) atoms. The Hall–Kier alpha value is -0.810. The van der Waals surface area contributed by atoms with E-state index >= 15 is 0 Å². The summed E-state index contributed by atoms with van der Waals surface area (Å²) >= 11 is 0. The van der Waals surface area contributed by atoms with Crippen molar-refractivity contribution in [1.29, 1.82) is 0 Å². The number of aliphatic hydroxyl groups excluding tert-OH is 1. The largest absolute Gasteiger partial charge is 0.450 e. The van der Waals surface area contributed by atoms with E-state index in [1.54, 1.807) is 13.0 Å². The van der Waals surface area contributed by atoms with Gasteiger partial charge in [0, 0.05) is 0 Å². The van der Waals surface area contributed by atoms with Crippen LogP contribution >= 0.6 is 0 Å². The number of hydrogen-bond acceptors (Lipinski definition) is 4. The van der Waals surface area contributed by atoms with Crippen LogP contribution in [0.15, 0.2) is 21.6 Å². The van der Waals surface area contributed by atoms with Crippen molar-refractivity contribution in [1.82, 2.24) is 0 Å². The van der Waals surface area contributed by atoms with Gasteiger partial charge in [0.2, 0.25) is 14.9 Å². The maximum absolute atomic E-state index is 11.2. The Labute approximate surface area is 70.7 Å². The molecule has 68 valence electrons. The first-order valence-corrected chi connectivity index (χ1v) is 5.11. The molecule has 0 saturated carbocycles. The zero-order chi connectivity index (χ0) is 9.19. The predicted octanol–water partition coefficient (Wildman–Crippen LogP) is 0.354. The lowest BCUT2D eigenvalue weighted by atomic mass is 10.5. The van der Waals surface area contributed by atoms with Gasteiger partial charge in [0.15, 0.2) is 0 Å². The van der Waals surface area contributed by atoms with Gasteiger partial charge in [-0.3, -0.25) is 0 Å². The van der Waals surface area contributed by atoms with Crippen molar-refractivity contribution in [2.45, 2.75) is 12.0 Å². The molecule has 0 unspecified atom stereocenters. The summed E-state index contributed by atoms with van der Waals surface area (Å²) in [6, 6.07) is 2.96. The molecule has 4 nitrogen and oxygen atoms in total. The zero-order valence-electron chi connectivity index (χ0n) is 6.65. The standard InChI is InChI=1S/C7H10O4S/c1-6-2-3-7(11-6)12(9,10)5-4-8/h2-3,8H,4-5H2,1H3. The number of rotatable bonds is 3. The first-order valence-electron chi connectivity index (χ1n) is 3.46. The summed E-state index contributed by atoms with van der Waals surface area (Å²) in [4.78, 5) is 0. The Kier molecular flexibility index (Phi) is 2.54. The minimum atomic E-state index is -3.41. The van der Waals surface area contributed by atoms with Crippen molar-refractivity contribution in [3.8, 4) is 0 Å². The fourth-order valence-corrected chi connectivity index (χ4v) is 1.78. The molecular weight excluding hydrogens is 180 g/mol. The lowest BCUT2D eigenvalue weighted by Crippen LogP contribution is -2.08. The monoisotopic (exact) mass is 190 g/mol. The molecule has 0 aliphatic heterocycles. The van der Waals surface area contributed by atoms with E-state index in [1.807, 2.05) is 0 Å². The Morgan fingerprint density at radius 1 is 1.50 bits per heavy atom. The van der Waals surface area contributed by atoms with Crippen LogP contribution in [0.4, 0.5) is 0 Å².